The molecule has 24 heavy (non-hydrogen) atoms. The molecule has 5 heteroatoms. The molecule has 132 valence electrons. The third-order valence-corrected chi connectivity index (χ3v) is 4.55. The van der Waals surface area contributed by atoms with Crippen LogP contribution in [-0.4, -0.2) is 23.6 Å². The first kappa shape index (κ1) is 18.3. The van der Waals surface area contributed by atoms with Gasteiger partial charge in [-0.1, -0.05) is 38.3 Å². The number of benzene rings is 1. The highest BCUT2D eigenvalue weighted by Crippen LogP contribution is 2.30. The zero-order chi connectivity index (χ0) is 17.4. The normalized spacial score (nSPS) is 20.4. The SMILES string of the molecule is CCCCOc1cccc(CNC(=O)[C@H]2CCCC[C@@H]2C(=O)O)c1. The molecule has 1 aliphatic rings. The molecule has 2 atom stereocenters. The molecule has 1 aromatic rings. The van der Waals surface area contributed by atoms with Gasteiger partial charge in [-0.05, 0) is 37.0 Å². The Morgan fingerprint density at radius 1 is 1.25 bits per heavy atom. The Morgan fingerprint density at radius 2 is 2.00 bits per heavy atom. The summed E-state index contributed by atoms with van der Waals surface area (Å²) < 4.78 is 5.67. The molecule has 1 aliphatic carbocycles. The van der Waals surface area contributed by atoms with Crippen molar-refractivity contribution < 1.29 is 19.4 Å². The maximum absolute atomic E-state index is 12.4. The lowest BCUT2D eigenvalue weighted by Gasteiger charge is -2.27. The van der Waals surface area contributed by atoms with Gasteiger partial charge >= 0.3 is 5.97 Å². The van der Waals surface area contributed by atoms with E-state index in [1.807, 2.05) is 24.3 Å². The number of rotatable bonds is 8. The van der Waals surface area contributed by atoms with Crippen molar-refractivity contribution in [2.45, 2.75) is 52.0 Å². The summed E-state index contributed by atoms with van der Waals surface area (Å²) in [6, 6.07) is 7.67. The molecule has 1 aromatic carbocycles. The highest BCUT2D eigenvalue weighted by molar-refractivity contribution is 5.84. The molecule has 0 heterocycles. The van der Waals surface area contributed by atoms with Crippen molar-refractivity contribution in [2.75, 3.05) is 6.61 Å². The number of hydrogen-bond acceptors (Lipinski definition) is 3. The van der Waals surface area contributed by atoms with E-state index >= 15 is 0 Å². The highest BCUT2D eigenvalue weighted by Gasteiger charge is 2.35. The molecule has 0 bridgehead atoms. The van der Waals surface area contributed by atoms with Crippen molar-refractivity contribution >= 4 is 11.9 Å². The van der Waals surface area contributed by atoms with Gasteiger partial charge in [0.05, 0.1) is 18.4 Å². The molecule has 1 fully saturated rings. The highest BCUT2D eigenvalue weighted by atomic mass is 16.5. The van der Waals surface area contributed by atoms with Crippen LogP contribution >= 0.6 is 0 Å². The van der Waals surface area contributed by atoms with E-state index in [0.717, 1.165) is 37.0 Å². The number of amides is 1. The van der Waals surface area contributed by atoms with Crippen LogP contribution in [0.1, 0.15) is 51.0 Å². The summed E-state index contributed by atoms with van der Waals surface area (Å²) in [5, 5.41) is 12.2. The fourth-order valence-electron chi connectivity index (χ4n) is 3.14. The summed E-state index contributed by atoms with van der Waals surface area (Å²) in [5.74, 6) is -1.18. The molecule has 0 spiro atoms. The Kier molecular flexibility index (Phi) is 7.09. The summed E-state index contributed by atoms with van der Waals surface area (Å²) in [7, 11) is 0. The number of unbranched alkanes of at least 4 members (excludes halogenated alkanes) is 1. The van der Waals surface area contributed by atoms with E-state index in [-0.39, 0.29) is 5.91 Å². The van der Waals surface area contributed by atoms with Crippen LogP contribution in [0.4, 0.5) is 0 Å². The third-order valence-electron chi connectivity index (χ3n) is 4.55. The maximum atomic E-state index is 12.4. The van der Waals surface area contributed by atoms with Crippen molar-refractivity contribution in [1.29, 1.82) is 0 Å². The van der Waals surface area contributed by atoms with Gasteiger partial charge in [0.25, 0.3) is 0 Å². The number of nitrogens with one attached hydrogen (secondary N) is 1. The van der Waals surface area contributed by atoms with E-state index in [4.69, 9.17) is 4.74 Å². The molecule has 0 unspecified atom stereocenters. The van der Waals surface area contributed by atoms with Gasteiger partial charge in [0.1, 0.15) is 5.75 Å². The average Bonchev–Trinajstić information content (AvgIpc) is 2.60. The molecule has 1 amide bonds. The molecular weight excluding hydrogens is 306 g/mol. The quantitative estimate of drug-likeness (QED) is 0.715. The van der Waals surface area contributed by atoms with E-state index in [0.29, 0.717) is 26.0 Å². The van der Waals surface area contributed by atoms with E-state index in [2.05, 4.69) is 12.2 Å². The van der Waals surface area contributed by atoms with Gasteiger partial charge in [-0.25, -0.2) is 0 Å². The Morgan fingerprint density at radius 3 is 2.71 bits per heavy atom. The first-order chi connectivity index (χ1) is 11.6. The molecule has 1 saturated carbocycles. The Balaban J connectivity index is 1.88. The van der Waals surface area contributed by atoms with Crippen molar-refractivity contribution in [2.24, 2.45) is 11.8 Å². The van der Waals surface area contributed by atoms with Gasteiger partial charge in [0.15, 0.2) is 0 Å². The first-order valence-corrected chi connectivity index (χ1v) is 8.84. The van der Waals surface area contributed by atoms with Crippen LogP contribution in [-0.2, 0) is 16.1 Å². The van der Waals surface area contributed by atoms with Gasteiger partial charge in [-0.3, -0.25) is 9.59 Å². The number of carbonyl (C=O) groups excluding carboxylic acids is 1. The van der Waals surface area contributed by atoms with Crippen molar-refractivity contribution in [3.05, 3.63) is 29.8 Å². The molecule has 2 rings (SSSR count). The monoisotopic (exact) mass is 333 g/mol. The van der Waals surface area contributed by atoms with Crippen LogP contribution in [0.2, 0.25) is 0 Å². The topological polar surface area (TPSA) is 75.6 Å². The van der Waals surface area contributed by atoms with Crippen LogP contribution in [0.5, 0.6) is 5.75 Å². The minimum Gasteiger partial charge on any atom is -0.494 e. The predicted octanol–water partition coefficient (Wildman–Crippen LogP) is 3.37. The number of carboxylic acids is 1. The van der Waals surface area contributed by atoms with Gasteiger partial charge in [0.2, 0.25) is 5.91 Å². The summed E-state index contributed by atoms with van der Waals surface area (Å²) >= 11 is 0. The lowest BCUT2D eigenvalue weighted by molar-refractivity contribution is -0.148. The van der Waals surface area contributed by atoms with E-state index in [1.54, 1.807) is 0 Å². The number of carboxylic acid groups (broad SMARTS) is 1. The minimum atomic E-state index is -0.860. The lowest BCUT2D eigenvalue weighted by Crippen LogP contribution is -2.39. The van der Waals surface area contributed by atoms with E-state index < -0.39 is 17.8 Å². The Hall–Kier alpha value is -2.04. The standard InChI is InChI=1S/C19H27NO4/c1-2-3-11-24-15-8-6-7-14(12-15)13-20-18(21)16-9-4-5-10-17(16)19(22)23/h6-8,12,16-17H,2-5,9-11,13H2,1H3,(H,20,21)(H,22,23)/t16-,17-/m0/s1. The summed E-state index contributed by atoms with van der Waals surface area (Å²) in [6.45, 7) is 3.20. The molecule has 0 radical (unpaired) electrons. The first-order valence-electron chi connectivity index (χ1n) is 8.84. The van der Waals surface area contributed by atoms with Gasteiger partial charge in [-0.15, -0.1) is 0 Å². The largest absolute Gasteiger partial charge is 0.494 e. The van der Waals surface area contributed by atoms with Crippen LogP contribution in [0.3, 0.4) is 0 Å². The minimum absolute atomic E-state index is 0.153. The second-order valence-corrected chi connectivity index (χ2v) is 6.40. The van der Waals surface area contributed by atoms with Gasteiger partial charge < -0.3 is 15.2 Å². The van der Waals surface area contributed by atoms with Crippen LogP contribution in [0.15, 0.2) is 24.3 Å². The molecular formula is C19H27NO4. The lowest BCUT2D eigenvalue weighted by atomic mass is 9.78. The number of carbonyl (C=O) groups is 2. The Bertz CT molecular complexity index is 558. The summed E-state index contributed by atoms with van der Waals surface area (Å²) in [4.78, 5) is 23.7. The maximum Gasteiger partial charge on any atom is 0.307 e. The zero-order valence-electron chi connectivity index (χ0n) is 14.3. The zero-order valence-corrected chi connectivity index (χ0v) is 14.3. The number of hydrogen-bond donors (Lipinski definition) is 2. The van der Waals surface area contributed by atoms with Crippen LogP contribution in [0, 0.1) is 11.8 Å². The van der Waals surface area contributed by atoms with Crippen molar-refractivity contribution in [1.82, 2.24) is 5.32 Å². The summed E-state index contributed by atoms with van der Waals surface area (Å²) in [5.41, 5.74) is 0.958. The Labute approximate surface area is 143 Å². The number of aliphatic carboxylic acids is 1. The molecule has 2 N–H and O–H groups in total. The van der Waals surface area contributed by atoms with Crippen molar-refractivity contribution in [3.8, 4) is 5.75 Å². The molecule has 0 aromatic heterocycles. The van der Waals surface area contributed by atoms with Gasteiger partial charge in [-0.2, -0.15) is 0 Å². The molecule has 0 saturated heterocycles. The predicted molar refractivity (Wildman–Crippen MR) is 91.8 cm³/mol. The van der Waals surface area contributed by atoms with Crippen LogP contribution < -0.4 is 10.1 Å². The van der Waals surface area contributed by atoms with E-state index in [1.165, 1.54) is 0 Å². The fourth-order valence-corrected chi connectivity index (χ4v) is 3.14. The fraction of sp³-hybridized carbons (Fsp3) is 0.579. The number of ether oxygens (including phenoxy) is 1. The second kappa shape index (κ2) is 9.30. The third kappa shape index (κ3) is 5.25. The smallest absolute Gasteiger partial charge is 0.307 e. The van der Waals surface area contributed by atoms with Crippen LogP contribution in [0.25, 0.3) is 0 Å². The van der Waals surface area contributed by atoms with E-state index in [9.17, 15) is 14.7 Å². The molecule has 0 aliphatic heterocycles. The average molecular weight is 333 g/mol. The second-order valence-electron chi connectivity index (χ2n) is 6.40. The molecule has 5 nitrogen and oxygen atoms in total. The van der Waals surface area contributed by atoms with Gasteiger partial charge in [0, 0.05) is 6.54 Å². The summed E-state index contributed by atoms with van der Waals surface area (Å²) in [6.07, 6.45) is 5.15. The van der Waals surface area contributed by atoms with Crippen molar-refractivity contribution in [3.63, 3.8) is 0 Å².